The molecule has 0 aromatic carbocycles. The highest BCUT2D eigenvalue weighted by atomic mass is 79.9. The third-order valence-corrected chi connectivity index (χ3v) is 4.17. The normalized spacial score (nSPS) is 14.4. The molecule has 0 bridgehead atoms. The van der Waals surface area contributed by atoms with Crippen LogP contribution >= 0.6 is 15.9 Å². The molecule has 1 N–H and O–H groups in total. The van der Waals surface area contributed by atoms with Crippen LogP contribution in [0.4, 0.5) is 0 Å². The molecule has 0 spiro atoms. The maximum absolute atomic E-state index is 10.5. The molecule has 0 saturated heterocycles. The van der Waals surface area contributed by atoms with Crippen LogP contribution in [0.15, 0.2) is 21.2 Å². The van der Waals surface area contributed by atoms with Gasteiger partial charge in [-0.05, 0) is 48.9 Å². The zero-order valence-corrected chi connectivity index (χ0v) is 11.9. The van der Waals surface area contributed by atoms with Crippen molar-refractivity contribution in [1.29, 1.82) is 0 Å². The van der Waals surface area contributed by atoms with Crippen LogP contribution in [-0.4, -0.2) is 29.6 Å². The summed E-state index contributed by atoms with van der Waals surface area (Å²) >= 11 is 3.39. The Hall–Kier alpha value is -0.320. The van der Waals surface area contributed by atoms with Crippen LogP contribution in [0, 0.1) is 0 Å². The third-order valence-electron chi connectivity index (χ3n) is 3.52. The Bertz CT molecular complexity index is 332. The molecule has 1 heterocycles. The van der Waals surface area contributed by atoms with Gasteiger partial charge in [0.15, 0.2) is 0 Å². The van der Waals surface area contributed by atoms with E-state index in [1.54, 1.807) is 6.26 Å². The molecule has 16 heavy (non-hydrogen) atoms. The first-order valence-corrected chi connectivity index (χ1v) is 6.37. The first-order valence-electron chi connectivity index (χ1n) is 5.58. The van der Waals surface area contributed by atoms with E-state index >= 15 is 0 Å². The zero-order valence-electron chi connectivity index (χ0n) is 10.3. The highest BCUT2D eigenvalue weighted by Gasteiger charge is 2.40. The quantitative estimate of drug-likeness (QED) is 0.904. The molecule has 3 nitrogen and oxygen atoms in total. The largest absolute Gasteiger partial charge is 0.465 e. The molecule has 1 rings (SSSR count). The molecule has 0 aliphatic rings. The topological polar surface area (TPSA) is 36.6 Å². The third kappa shape index (κ3) is 2.19. The number of rotatable bonds is 5. The maximum atomic E-state index is 10.5. The Morgan fingerprint density at radius 1 is 1.44 bits per heavy atom. The number of aliphatic hydroxyl groups is 1. The van der Waals surface area contributed by atoms with Gasteiger partial charge in [-0.3, -0.25) is 0 Å². The van der Waals surface area contributed by atoms with Crippen LogP contribution in [0.2, 0.25) is 0 Å². The van der Waals surface area contributed by atoms with Crippen molar-refractivity contribution >= 4 is 15.9 Å². The van der Waals surface area contributed by atoms with Crippen LogP contribution < -0.4 is 0 Å². The fraction of sp³-hybridized carbons (Fsp3) is 0.667. The molecule has 1 aromatic rings. The van der Waals surface area contributed by atoms with Crippen LogP contribution in [0.5, 0.6) is 0 Å². The summed E-state index contributed by atoms with van der Waals surface area (Å²) in [5.41, 5.74) is -0.277. The molecule has 4 heteroatoms. The standard InChI is InChI=1S/C12H20BrNO2/c1-5-12(6-2,14(3)4)11(15)10-9(13)7-8-16-10/h7-8,11,15H,5-6H2,1-4H3. The molecule has 1 aromatic heterocycles. The van der Waals surface area contributed by atoms with Gasteiger partial charge in [0.2, 0.25) is 0 Å². The van der Waals surface area contributed by atoms with Gasteiger partial charge in [-0.15, -0.1) is 0 Å². The summed E-state index contributed by atoms with van der Waals surface area (Å²) in [5, 5.41) is 10.5. The molecule has 0 amide bonds. The van der Waals surface area contributed by atoms with Crippen LogP contribution in [0.1, 0.15) is 38.6 Å². The van der Waals surface area contributed by atoms with E-state index in [2.05, 4.69) is 34.7 Å². The van der Waals surface area contributed by atoms with E-state index in [0.29, 0.717) is 5.76 Å². The first-order chi connectivity index (χ1) is 7.49. The van der Waals surface area contributed by atoms with Gasteiger partial charge in [0.1, 0.15) is 11.9 Å². The summed E-state index contributed by atoms with van der Waals surface area (Å²) in [4.78, 5) is 2.08. The van der Waals surface area contributed by atoms with Crippen LogP contribution in [-0.2, 0) is 0 Å². The SMILES string of the molecule is CCC(CC)(C(O)c1occc1Br)N(C)C. The van der Waals surface area contributed by atoms with E-state index in [0.717, 1.165) is 17.3 Å². The number of halogens is 1. The van der Waals surface area contributed by atoms with Crippen molar-refractivity contribution in [3.05, 3.63) is 22.6 Å². The van der Waals surface area contributed by atoms with Gasteiger partial charge >= 0.3 is 0 Å². The molecular weight excluding hydrogens is 270 g/mol. The summed E-state index contributed by atoms with van der Waals surface area (Å²) in [6.45, 7) is 4.17. The second-order valence-corrected chi connectivity index (χ2v) is 5.09. The Labute approximate surface area is 106 Å². The summed E-state index contributed by atoms with van der Waals surface area (Å²) in [6, 6.07) is 1.81. The number of aliphatic hydroxyl groups excluding tert-OH is 1. The predicted molar refractivity (Wildman–Crippen MR) is 68.4 cm³/mol. The minimum atomic E-state index is -0.623. The second kappa shape index (κ2) is 5.34. The Morgan fingerprint density at radius 3 is 2.31 bits per heavy atom. The van der Waals surface area contributed by atoms with E-state index in [4.69, 9.17) is 4.42 Å². The minimum absolute atomic E-state index is 0.277. The summed E-state index contributed by atoms with van der Waals surface area (Å²) in [6.07, 6.45) is 2.70. The first kappa shape index (κ1) is 13.7. The van der Waals surface area contributed by atoms with E-state index in [9.17, 15) is 5.11 Å². The van der Waals surface area contributed by atoms with Gasteiger partial charge < -0.3 is 14.4 Å². The lowest BCUT2D eigenvalue weighted by molar-refractivity contribution is -0.0271. The summed E-state index contributed by atoms with van der Waals surface area (Å²) < 4.78 is 6.19. The Kier molecular flexibility index (Phi) is 4.59. The average Bonchev–Trinajstić information content (AvgIpc) is 2.66. The lowest BCUT2D eigenvalue weighted by Crippen LogP contribution is -2.48. The number of furan rings is 1. The fourth-order valence-corrected chi connectivity index (χ4v) is 2.68. The molecule has 1 atom stereocenters. The molecule has 0 aliphatic carbocycles. The highest BCUT2D eigenvalue weighted by Crippen LogP contribution is 2.38. The van der Waals surface area contributed by atoms with Crippen molar-refractivity contribution < 1.29 is 9.52 Å². The molecule has 0 saturated carbocycles. The Balaban J connectivity index is 3.09. The second-order valence-electron chi connectivity index (χ2n) is 4.24. The molecule has 0 radical (unpaired) electrons. The predicted octanol–water partition coefficient (Wildman–Crippen LogP) is 3.20. The van der Waals surface area contributed by atoms with E-state index in [1.807, 2.05) is 20.2 Å². The van der Waals surface area contributed by atoms with Crippen molar-refractivity contribution in [3.8, 4) is 0 Å². The molecule has 1 unspecified atom stereocenters. The summed E-state index contributed by atoms with van der Waals surface area (Å²) in [5.74, 6) is 0.609. The molecule has 92 valence electrons. The van der Waals surface area contributed by atoms with Gasteiger partial charge in [-0.2, -0.15) is 0 Å². The molecular formula is C12H20BrNO2. The van der Waals surface area contributed by atoms with Gasteiger partial charge in [-0.25, -0.2) is 0 Å². The van der Waals surface area contributed by atoms with Gasteiger partial charge in [0.05, 0.1) is 16.3 Å². The average molecular weight is 290 g/mol. The van der Waals surface area contributed by atoms with Crippen LogP contribution in [0.25, 0.3) is 0 Å². The van der Waals surface area contributed by atoms with Crippen molar-refractivity contribution in [2.75, 3.05) is 14.1 Å². The van der Waals surface area contributed by atoms with Gasteiger partial charge in [0.25, 0.3) is 0 Å². The van der Waals surface area contributed by atoms with Gasteiger partial charge in [-0.1, -0.05) is 13.8 Å². The van der Waals surface area contributed by atoms with E-state index < -0.39 is 6.10 Å². The summed E-state index contributed by atoms with van der Waals surface area (Å²) in [7, 11) is 3.99. The number of likely N-dealkylation sites (N-methyl/N-ethyl adjacent to an activating group) is 1. The number of nitrogens with zero attached hydrogens (tertiary/aromatic N) is 1. The van der Waals surface area contributed by atoms with Crippen molar-refractivity contribution in [3.63, 3.8) is 0 Å². The number of hydrogen-bond acceptors (Lipinski definition) is 3. The Morgan fingerprint density at radius 2 is 2.00 bits per heavy atom. The van der Waals surface area contributed by atoms with Crippen molar-refractivity contribution in [2.45, 2.75) is 38.3 Å². The highest BCUT2D eigenvalue weighted by molar-refractivity contribution is 9.10. The number of hydrogen-bond donors (Lipinski definition) is 1. The van der Waals surface area contributed by atoms with Crippen LogP contribution in [0.3, 0.4) is 0 Å². The van der Waals surface area contributed by atoms with Crippen molar-refractivity contribution in [2.24, 2.45) is 0 Å². The van der Waals surface area contributed by atoms with E-state index in [1.165, 1.54) is 0 Å². The fourth-order valence-electron chi connectivity index (χ4n) is 2.26. The maximum Gasteiger partial charge on any atom is 0.148 e. The lowest BCUT2D eigenvalue weighted by Gasteiger charge is -2.41. The lowest BCUT2D eigenvalue weighted by atomic mass is 9.84. The zero-order chi connectivity index (χ0) is 12.3. The molecule has 0 aliphatic heterocycles. The van der Waals surface area contributed by atoms with E-state index in [-0.39, 0.29) is 5.54 Å². The van der Waals surface area contributed by atoms with Gasteiger partial charge in [0, 0.05) is 0 Å². The van der Waals surface area contributed by atoms with Crippen molar-refractivity contribution in [1.82, 2.24) is 4.90 Å². The molecule has 0 fully saturated rings. The monoisotopic (exact) mass is 289 g/mol. The minimum Gasteiger partial charge on any atom is -0.465 e. The smallest absolute Gasteiger partial charge is 0.148 e.